The number of rotatable bonds is 6. The Morgan fingerprint density at radius 1 is 1.35 bits per heavy atom. The van der Waals surface area contributed by atoms with Crippen molar-refractivity contribution in [3.8, 4) is 0 Å². The molecule has 0 aromatic heterocycles. The lowest BCUT2D eigenvalue weighted by molar-refractivity contribution is -0.140. The molecule has 1 rings (SSSR count). The van der Waals surface area contributed by atoms with Gasteiger partial charge >= 0.3 is 12.0 Å². The number of nitrogens with one attached hydrogen (secondary N) is 1. The Morgan fingerprint density at radius 3 is 2.35 bits per heavy atom. The molecule has 0 aromatic carbocycles. The van der Waals surface area contributed by atoms with Crippen molar-refractivity contribution in [1.82, 2.24) is 10.2 Å². The summed E-state index contributed by atoms with van der Waals surface area (Å²) in [6.45, 7) is 5.42. The molecule has 1 aliphatic heterocycles. The van der Waals surface area contributed by atoms with Crippen molar-refractivity contribution in [2.75, 3.05) is 13.1 Å². The number of hydrogen-bond donors (Lipinski definition) is 3. The number of aliphatic carboxylic acids is 1. The van der Waals surface area contributed by atoms with E-state index < -0.39 is 30.4 Å². The topological polar surface area (TPSA) is 113 Å². The summed E-state index contributed by atoms with van der Waals surface area (Å²) in [4.78, 5) is 35.5. The summed E-state index contributed by atoms with van der Waals surface area (Å²) < 4.78 is 0. The highest BCUT2D eigenvalue weighted by atomic mass is 16.4. The molecule has 1 fully saturated rings. The second-order valence-electron chi connectivity index (χ2n) is 5.39. The summed E-state index contributed by atoms with van der Waals surface area (Å²) in [5, 5.41) is 11.3. The Kier molecular flexibility index (Phi) is 5.35. The summed E-state index contributed by atoms with van der Waals surface area (Å²) in [5.41, 5.74) is 5.10. The van der Waals surface area contributed by atoms with E-state index in [1.165, 1.54) is 0 Å². The Balaban J connectivity index is 2.62. The maximum atomic E-state index is 12.1. The molecule has 7 heteroatoms. The normalized spacial score (nSPS) is 18.6. The molecule has 0 radical (unpaired) electrons. The number of nitrogens with zero attached hydrogens (tertiary/aromatic N) is 1. The highest BCUT2D eigenvalue weighted by Gasteiger charge is 2.38. The first-order valence-corrected chi connectivity index (χ1v) is 6.90. The van der Waals surface area contributed by atoms with Gasteiger partial charge in [0.15, 0.2) is 0 Å². The van der Waals surface area contributed by atoms with E-state index in [0.29, 0.717) is 13.1 Å². The highest BCUT2D eigenvalue weighted by Crippen LogP contribution is 2.36. The monoisotopic (exact) mass is 285 g/mol. The van der Waals surface area contributed by atoms with Gasteiger partial charge in [-0.05, 0) is 24.7 Å². The molecule has 3 amide bonds. The molecular weight excluding hydrogens is 262 g/mol. The molecule has 20 heavy (non-hydrogen) atoms. The van der Waals surface area contributed by atoms with Gasteiger partial charge in [0.1, 0.15) is 6.04 Å². The van der Waals surface area contributed by atoms with Gasteiger partial charge in [-0.15, -0.1) is 0 Å². The maximum absolute atomic E-state index is 12.1. The zero-order chi connectivity index (χ0) is 15.3. The average Bonchev–Trinajstić information content (AvgIpc) is 2.82. The molecule has 0 bridgehead atoms. The largest absolute Gasteiger partial charge is 0.480 e. The van der Waals surface area contributed by atoms with Gasteiger partial charge in [-0.1, -0.05) is 13.8 Å². The van der Waals surface area contributed by atoms with Crippen LogP contribution in [0.5, 0.6) is 0 Å². The smallest absolute Gasteiger partial charge is 0.326 e. The van der Waals surface area contributed by atoms with E-state index in [0.717, 1.165) is 19.3 Å². The van der Waals surface area contributed by atoms with E-state index in [4.69, 9.17) is 10.8 Å². The predicted octanol–water partition coefficient (Wildman–Crippen LogP) is 0.537. The van der Waals surface area contributed by atoms with Crippen LogP contribution in [0.3, 0.4) is 0 Å². The second-order valence-corrected chi connectivity index (χ2v) is 5.39. The van der Waals surface area contributed by atoms with Gasteiger partial charge in [0.25, 0.3) is 0 Å². The third-order valence-electron chi connectivity index (χ3n) is 4.23. The average molecular weight is 285 g/mol. The first-order chi connectivity index (χ1) is 9.33. The van der Waals surface area contributed by atoms with Gasteiger partial charge in [-0.25, -0.2) is 9.59 Å². The summed E-state index contributed by atoms with van der Waals surface area (Å²) in [6, 6.07) is -1.71. The second kappa shape index (κ2) is 6.58. The minimum absolute atomic E-state index is 0.125. The molecule has 0 spiro atoms. The first-order valence-electron chi connectivity index (χ1n) is 6.90. The van der Waals surface area contributed by atoms with Crippen molar-refractivity contribution >= 4 is 17.9 Å². The van der Waals surface area contributed by atoms with Crippen molar-refractivity contribution in [3.63, 3.8) is 0 Å². The number of carboxylic acids is 1. The molecule has 1 aliphatic rings. The fourth-order valence-electron chi connectivity index (χ4n) is 2.58. The van der Waals surface area contributed by atoms with E-state index in [1.54, 1.807) is 4.90 Å². The van der Waals surface area contributed by atoms with Crippen molar-refractivity contribution in [2.24, 2.45) is 11.1 Å². The van der Waals surface area contributed by atoms with Gasteiger partial charge in [-0.3, -0.25) is 4.79 Å². The molecule has 0 aromatic rings. The third-order valence-corrected chi connectivity index (χ3v) is 4.23. The number of carbonyl (C=O) groups excluding carboxylic acids is 2. The highest BCUT2D eigenvalue weighted by molar-refractivity contribution is 5.87. The SMILES string of the molecule is CCC1(CC)CCN(C(=O)N[C@H](CC(N)=O)C(=O)O)C1. The molecule has 1 heterocycles. The lowest BCUT2D eigenvalue weighted by Gasteiger charge is -2.27. The minimum atomic E-state index is -1.27. The number of hydrogen-bond acceptors (Lipinski definition) is 3. The van der Waals surface area contributed by atoms with Crippen LogP contribution < -0.4 is 11.1 Å². The molecule has 0 saturated carbocycles. The summed E-state index contributed by atoms with van der Waals surface area (Å²) in [7, 11) is 0. The molecule has 0 aliphatic carbocycles. The Labute approximate surface area is 118 Å². The predicted molar refractivity (Wildman–Crippen MR) is 73.0 cm³/mol. The Bertz CT molecular complexity index is 393. The van der Waals surface area contributed by atoms with Crippen molar-refractivity contribution in [1.29, 1.82) is 0 Å². The summed E-state index contributed by atoms with van der Waals surface area (Å²) in [5.74, 6) is -2.01. The van der Waals surface area contributed by atoms with Crippen LogP contribution in [0.2, 0.25) is 0 Å². The van der Waals surface area contributed by atoms with Crippen molar-refractivity contribution in [2.45, 2.75) is 45.6 Å². The zero-order valence-corrected chi connectivity index (χ0v) is 12.0. The number of carbonyl (C=O) groups is 3. The van der Waals surface area contributed by atoms with Crippen LogP contribution >= 0.6 is 0 Å². The quantitative estimate of drug-likeness (QED) is 0.661. The van der Waals surface area contributed by atoms with Crippen molar-refractivity contribution in [3.05, 3.63) is 0 Å². The van der Waals surface area contributed by atoms with Crippen LogP contribution in [0, 0.1) is 5.41 Å². The van der Waals surface area contributed by atoms with Gasteiger partial charge in [0.2, 0.25) is 5.91 Å². The Morgan fingerprint density at radius 2 is 1.95 bits per heavy atom. The van der Waals surface area contributed by atoms with E-state index in [9.17, 15) is 14.4 Å². The lowest BCUT2D eigenvalue weighted by atomic mass is 9.82. The van der Waals surface area contributed by atoms with Crippen LogP contribution in [-0.2, 0) is 9.59 Å². The van der Waals surface area contributed by atoms with Crippen LogP contribution in [-0.4, -0.2) is 47.0 Å². The van der Waals surface area contributed by atoms with Gasteiger partial charge in [-0.2, -0.15) is 0 Å². The Hall–Kier alpha value is -1.79. The van der Waals surface area contributed by atoms with Crippen LogP contribution in [0.15, 0.2) is 0 Å². The first kappa shape index (κ1) is 16.3. The molecule has 1 saturated heterocycles. The third kappa shape index (κ3) is 3.85. The number of likely N-dealkylation sites (tertiary alicyclic amines) is 1. The lowest BCUT2D eigenvalue weighted by Crippen LogP contribution is -2.49. The molecule has 7 nitrogen and oxygen atoms in total. The molecule has 114 valence electrons. The summed E-state index contributed by atoms with van der Waals surface area (Å²) >= 11 is 0. The minimum Gasteiger partial charge on any atom is -0.480 e. The van der Waals surface area contributed by atoms with Gasteiger partial charge < -0.3 is 21.1 Å². The van der Waals surface area contributed by atoms with Gasteiger partial charge in [0.05, 0.1) is 6.42 Å². The maximum Gasteiger partial charge on any atom is 0.326 e. The van der Waals surface area contributed by atoms with E-state index in [-0.39, 0.29) is 5.41 Å². The van der Waals surface area contributed by atoms with E-state index in [1.807, 2.05) is 0 Å². The standard InChI is InChI=1S/C13H23N3O4/c1-3-13(4-2)5-6-16(8-13)12(20)15-9(11(18)19)7-10(14)17/h9H,3-8H2,1-2H3,(H2,14,17)(H,15,20)(H,18,19)/t9-/m1/s1. The van der Waals surface area contributed by atoms with Crippen molar-refractivity contribution < 1.29 is 19.5 Å². The van der Waals surface area contributed by atoms with Crippen LogP contribution in [0.1, 0.15) is 39.5 Å². The number of amides is 3. The van der Waals surface area contributed by atoms with Gasteiger partial charge in [0, 0.05) is 13.1 Å². The van der Waals surface area contributed by atoms with E-state index in [2.05, 4.69) is 19.2 Å². The zero-order valence-electron chi connectivity index (χ0n) is 12.0. The van der Waals surface area contributed by atoms with Crippen LogP contribution in [0.25, 0.3) is 0 Å². The molecular formula is C13H23N3O4. The number of carboxylic acid groups (broad SMARTS) is 1. The summed E-state index contributed by atoms with van der Waals surface area (Å²) in [6.07, 6.45) is 2.48. The van der Waals surface area contributed by atoms with Crippen LogP contribution in [0.4, 0.5) is 4.79 Å². The fraction of sp³-hybridized carbons (Fsp3) is 0.769. The number of nitrogens with two attached hydrogens (primary N) is 1. The van der Waals surface area contributed by atoms with E-state index >= 15 is 0 Å². The number of primary amides is 1. The molecule has 0 unspecified atom stereocenters. The molecule has 4 N–H and O–H groups in total. The number of urea groups is 1. The fourth-order valence-corrected chi connectivity index (χ4v) is 2.58. The molecule has 1 atom stereocenters.